The molecule has 0 fully saturated rings. The van der Waals surface area contributed by atoms with Gasteiger partial charge in [-0.3, -0.25) is 4.68 Å². The van der Waals surface area contributed by atoms with Gasteiger partial charge in [0.05, 0.1) is 12.2 Å². The third-order valence-corrected chi connectivity index (χ3v) is 3.39. The molecule has 20 heavy (non-hydrogen) atoms. The quantitative estimate of drug-likeness (QED) is 0.459. The molecule has 0 bridgehead atoms. The SMILES string of the molecule is CCNC(=NCc1c(C)nn(C)c1C)NC(C)CC.I. The van der Waals surface area contributed by atoms with Crippen LogP contribution in [0.1, 0.15) is 44.1 Å². The summed E-state index contributed by atoms with van der Waals surface area (Å²) >= 11 is 0. The summed E-state index contributed by atoms with van der Waals surface area (Å²) in [5.41, 5.74) is 3.45. The topological polar surface area (TPSA) is 54.2 Å². The van der Waals surface area contributed by atoms with Gasteiger partial charge in [0.2, 0.25) is 0 Å². The fraction of sp³-hybridized carbons (Fsp3) is 0.714. The highest BCUT2D eigenvalue weighted by Crippen LogP contribution is 2.12. The number of rotatable bonds is 5. The Labute approximate surface area is 139 Å². The Morgan fingerprint density at radius 2 is 2.00 bits per heavy atom. The van der Waals surface area contributed by atoms with Crippen LogP contribution in [0.25, 0.3) is 0 Å². The van der Waals surface area contributed by atoms with Crippen LogP contribution in [0.4, 0.5) is 0 Å². The van der Waals surface area contributed by atoms with Crippen molar-refractivity contribution in [2.75, 3.05) is 6.54 Å². The molecule has 0 aromatic carbocycles. The predicted octanol–water partition coefficient (Wildman–Crippen LogP) is 2.51. The molecule has 1 aromatic rings. The summed E-state index contributed by atoms with van der Waals surface area (Å²) in [6, 6.07) is 0.425. The molecule has 0 aliphatic carbocycles. The highest BCUT2D eigenvalue weighted by molar-refractivity contribution is 14.0. The average molecular weight is 393 g/mol. The molecule has 116 valence electrons. The lowest BCUT2D eigenvalue weighted by atomic mass is 10.2. The maximum Gasteiger partial charge on any atom is 0.191 e. The summed E-state index contributed by atoms with van der Waals surface area (Å²) in [6.07, 6.45) is 1.08. The van der Waals surface area contributed by atoms with Crippen molar-refractivity contribution in [1.29, 1.82) is 0 Å². The van der Waals surface area contributed by atoms with Gasteiger partial charge in [-0.05, 0) is 34.1 Å². The van der Waals surface area contributed by atoms with E-state index in [4.69, 9.17) is 0 Å². The smallest absolute Gasteiger partial charge is 0.191 e. The van der Waals surface area contributed by atoms with Gasteiger partial charge in [-0.25, -0.2) is 4.99 Å². The van der Waals surface area contributed by atoms with E-state index in [1.165, 1.54) is 11.3 Å². The number of aryl methyl sites for hydroxylation is 2. The molecule has 0 radical (unpaired) electrons. The van der Waals surface area contributed by atoms with Gasteiger partial charge in [-0.15, -0.1) is 24.0 Å². The molecule has 0 aliphatic rings. The molecule has 1 heterocycles. The Bertz CT molecular complexity index is 439. The first-order valence-corrected chi connectivity index (χ1v) is 7.03. The lowest BCUT2D eigenvalue weighted by Gasteiger charge is -2.16. The maximum absolute atomic E-state index is 4.65. The first-order chi connectivity index (χ1) is 8.99. The van der Waals surface area contributed by atoms with E-state index in [9.17, 15) is 0 Å². The summed E-state index contributed by atoms with van der Waals surface area (Å²) in [7, 11) is 1.97. The lowest BCUT2D eigenvalue weighted by molar-refractivity contribution is 0.624. The van der Waals surface area contributed by atoms with Crippen molar-refractivity contribution in [1.82, 2.24) is 20.4 Å². The molecule has 0 saturated carbocycles. The number of guanidine groups is 1. The van der Waals surface area contributed by atoms with Crippen molar-refractivity contribution >= 4 is 29.9 Å². The first-order valence-electron chi connectivity index (χ1n) is 7.03. The van der Waals surface area contributed by atoms with E-state index in [1.807, 2.05) is 18.7 Å². The average Bonchev–Trinajstić information content (AvgIpc) is 2.61. The zero-order valence-corrected chi connectivity index (χ0v) is 15.8. The van der Waals surface area contributed by atoms with Crippen LogP contribution in [0.15, 0.2) is 4.99 Å². The molecule has 1 atom stereocenters. The third-order valence-electron chi connectivity index (χ3n) is 3.39. The molecular weight excluding hydrogens is 365 g/mol. The fourth-order valence-corrected chi connectivity index (χ4v) is 1.86. The largest absolute Gasteiger partial charge is 0.357 e. The highest BCUT2D eigenvalue weighted by atomic mass is 127. The maximum atomic E-state index is 4.65. The fourth-order valence-electron chi connectivity index (χ4n) is 1.86. The monoisotopic (exact) mass is 393 g/mol. The summed E-state index contributed by atoms with van der Waals surface area (Å²) in [5.74, 6) is 0.875. The first kappa shape index (κ1) is 19.2. The van der Waals surface area contributed by atoms with Gasteiger partial charge < -0.3 is 10.6 Å². The van der Waals surface area contributed by atoms with Crippen LogP contribution in [-0.4, -0.2) is 28.3 Å². The molecule has 0 saturated heterocycles. The van der Waals surface area contributed by atoms with Gasteiger partial charge >= 0.3 is 0 Å². The molecule has 0 aliphatic heterocycles. The number of nitrogens with one attached hydrogen (secondary N) is 2. The van der Waals surface area contributed by atoms with Crippen molar-refractivity contribution in [3.63, 3.8) is 0 Å². The van der Waals surface area contributed by atoms with Gasteiger partial charge in [-0.1, -0.05) is 6.92 Å². The van der Waals surface area contributed by atoms with Gasteiger partial charge in [0.25, 0.3) is 0 Å². The molecule has 0 amide bonds. The minimum absolute atomic E-state index is 0. The molecular formula is C14H28IN5. The molecule has 1 unspecified atom stereocenters. The Balaban J connectivity index is 0.00000361. The van der Waals surface area contributed by atoms with Crippen LogP contribution in [0.5, 0.6) is 0 Å². The Hall–Kier alpha value is -0.790. The second-order valence-electron chi connectivity index (χ2n) is 4.92. The van der Waals surface area contributed by atoms with Crippen LogP contribution in [0.3, 0.4) is 0 Å². The van der Waals surface area contributed by atoms with Gasteiger partial charge in [0.1, 0.15) is 0 Å². The number of aliphatic imine (C=N–C) groups is 1. The Morgan fingerprint density at radius 3 is 2.45 bits per heavy atom. The van der Waals surface area contributed by atoms with Gasteiger partial charge in [0.15, 0.2) is 5.96 Å². The molecule has 1 rings (SSSR count). The Kier molecular flexibility index (Phi) is 8.84. The summed E-state index contributed by atoms with van der Waals surface area (Å²) in [6.45, 7) is 12.1. The molecule has 6 heteroatoms. The van der Waals surface area contributed by atoms with E-state index in [-0.39, 0.29) is 24.0 Å². The molecule has 0 spiro atoms. The molecule has 5 nitrogen and oxygen atoms in total. The van der Waals surface area contributed by atoms with Crippen LogP contribution >= 0.6 is 24.0 Å². The molecule has 1 aromatic heterocycles. The van der Waals surface area contributed by atoms with Crippen molar-refractivity contribution < 1.29 is 0 Å². The van der Waals surface area contributed by atoms with Gasteiger partial charge in [0, 0.05) is 30.9 Å². The number of hydrogen-bond donors (Lipinski definition) is 2. The van der Waals surface area contributed by atoms with E-state index in [0.717, 1.165) is 24.6 Å². The van der Waals surface area contributed by atoms with E-state index in [2.05, 4.69) is 48.4 Å². The second-order valence-corrected chi connectivity index (χ2v) is 4.92. The Morgan fingerprint density at radius 1 is 1.35 bits per heavy atom. The van der Waals surface area contributed by atoms with Crippen molar-refractivity contribution in [3.05, 3.63) is 17.0 Å². The second kappa shape index (κ2) is 9.20. The van der Waals surface area contributed by atoms with Gasteiger partial charge in [-0.2, -0.15) is 5.10 Å². The zero-order valence-electron chi connectivity index (χ0n) is 13.4. The van der Waals surface area contributed by atoms with Crippen molar-refractivity contribution in [3.8, 4) is 0 Å². The van der Waals surface area contributed by atoms with E-state index in [1.54, 1.807) is 0 Å². The van der Waals surface area contributed by atoms with E-state index >= 15 is 0 Å². The number of halogens is 1. The minimum Gasteiger partial charge on any atom is -0.357 e. The lowest BCUT2D eigenvalue weighted by Crippen LogP contribution is -2.41. The van der Waals surface area contributed by atoms with Crippen molar-refractivity contribution in [2.24, 2.45) is 12.0 Å². The predicted molar refractivity (Wildman–Crippen MR) is 95.8 cm³/mol. The minimum atomic E-state index is 0. The summed E-state index contributed by atoms with van der Waals surface area (Å²) < 4.78 is 1.91. The van der Waals surface area contributed by atoms with Crippen LogP contribution in [-0.2, 0) is 13.6 Å². The number of nitrogens with zero attached hydrogens (tertiary/aromatic N) is 3. The summed E-state index contributed by atoms with van der Waals surface area (Å²) in [4.78, 5) is 4.65. The third kappa shape index (κ3) is 5.30. The van der Waals surface area contributed by atoms with E-state index in [0.29, 0.717) is 12.6 Å². The normalized spacial score (nSPS) is 12.8. The van der Waals surface area contributed by atoms with E-state index < -0.39 is 0 Å². The summed E-state index contributed by atoms with van der Waals surface area (Å²) in [5, 5.41) is 11.1. The number of hydrogen-bond acceptors (Lipinski definition) is 2. The van der Waals surface area contributed by atoms with Crippen LogP contribution in [0.2, 0.25) is 0 Å². The highest BCUT2D eigenvalue weighted by Gasteiger charge is 2.09. The number of aromatic nitrogens is 2. The standard InChI is InChI=1S/C14H27N5.HI/c1-7-10(3)17-14(15-8-2)16-9-13-11(4)18-19(6)12(13)5;/h10H,7-9H2,1-6H3,(H2,15,16,17);1H. The van der Waals surface area contributed by atoms with Crippen LogP contribution in [0, 0.1) is 13.8 Å². The van der Waals surface area contributed by atoms with Crippen molar-refractivity contribution in [2.45, 2.75) is 53.6 Å². The van der Waals surface area contributed by atoms with Crippen LogP contribution < -0.4 is 10.6 Å². The molecule has 2 N–H and O–H groups in total. The zero-order chi connectivity index (χ0) is 14.4.